The molecule has 29 heavy (non-hydrogen) atoms. The second-order valence-corrected chi connectivity index (χ2v) is 8.22. The Labute approximate surface area is 172 Å². The largest absolute Gasteiger partial charge is 0.496 e. The number of rotatable bonds is 6. The minimum absolute atomic E-state index is 0.0585. The zero-order valence-corrected chi connectivity index (χ0v) is 17.1. The number of hydrogen-bond donors (Lipinski definition) is 2. The van der Waals surface area contributed by atoms with Crippen LogP contribution < -0.4 is 10.1 Å². The standard InChI is InChI=1S/C24H30N2O3/c1-29-21-9-5-3-6-18(21)10-13-25-23(28)17-26-14-11-24(12-15-26)20-8-4-2-7-19(20)16-22(24)27/h2-9,22,27H,10-17H2,1H3,(H,25,28). The van der Waals surface area contributed by atoms with Gasteiger partial charge in [0.2, 0.25) is 5.91 Å². The molecule has 1 heterocycles. The fourth-order valence-electron chi connectivity index (χ4n) is 4.99. The molecule has 2 aromatic carbocycles. The van der Waals surface area contributed by atoms with Gasteiger partial charge in [0.1, 0.15) is 5.75 Å². The van der Waals surface area contributed by atoms with Gasteiger partial charge in [0.25, 0.3) is 0 Å². The minimum atomic E-state index is -0.309. The molecule has 154 valence electrons. The Morgan fingerprint density at radius 1 is 1.17 bits per heavy atom. The van der Waals surface area contributed by atoms with Crippen molar-refractivity contribution in [3.05, 3.63) is 65.2 Å². The topological polar surface area (TPSA) is 61.8 Å². The Morgan fingerprint density at radius 3 is 2.69 bits per heavy atom. The van der Waals surface area contributed by atoms with Gasteiger partial charge in [0.15, 0.2) is 0 Å². The molecular weight excluding hydrogens is 364 g/mol. The van der Waals surface area contributed by atoms with E-state index < -0.39 is 0 Å². The number of amides is 1. The third kappa shape index (κ3) is 4.02. The van der Waals surface area contributed by atoms with Crippen LogP contribution >= 0.6 is 0 Å². The lowest BCUT2D eigenvalue weighted by molar-refractivity contribution is -0.122. The van der Waals surface area contributed by atoms with Crippen LogP contribution in [0.25, 0.3) is 0 Å². The van der Waals surface area contributed by atoms with Crippen LogP contribution in [0.15, 0.2) is 48.5 Å². The summed E-state index contributed by atoms with van der Waals surface area (Å²) in [7, 11) is 1.67. The Bertz CT molecular complexity index is 859. The molecule has 1 unspecified atom stereocenters. The summed E-state index contributed by atoms with van der Waals surface area (Å²) in [6.07, 6.45) is 3.00. The van der Waals surface area contributed by atoms with Crippen molar-refractivity contribution in [1.82, 2.24) is 10.2 Å². The Balaban J connectivity index is 1.26. The summed E-state index contributed by atoms with van der Waals surface area (Å²) in [5.74, 6) is 0.918. The Morgan fingerprint density at radius 2 is 1.90 bits per heavy atom. The van der Waals surface area contributed by atoms with Crippen LogP contribution in [-0.4, -0.2) is 55.3 Å². The predicted molar refractivity (Wildman–Crippen MR) is 113 cm³/mol. The average Bonchev–Trinajstić information content (AvgIpc) is 3.01. The molecule has 0 bridgehead atoms. The van der Waals surface area contributed by atoms with Crippen LogP contribution in [0.4, 0.5) is 0 Å². The first-order chi connectivity index (χ1) is 14.1. The molecule has 1 amide bonds. The highest BCUT2D eigenvalue weighted by atomic mass is 16.5. The number of carbonyl (C=O) groups excluding carboxylic acids is 1. The van der Waals surface area contributed by atoms with Gasteiger partial charge in [-0.15, -0.1) is 0 Å². The van der Waals surface area contributed by atoms with Crippen molar-refractivity contribution in [3.63, 3.8) is 0 Å². The van der Waals surface area contributed by atoms with Crippen LogP contribution in [0.5, 0.6) is 5.75 Å². The van der Waals surface area contributed by atoms with Crippen LogP contribution in [0.3, 0.4) is 0 Å². The fourth-order valence-corrected chi connectivity index (χ4v) is 4.99. The molecule has 0 aromatic heterocycles. The normalized spacial score (nSPS) is 20.4. The molecule has 2 N–H and O–H groups in total. The number of fused-ring (bicyclic) bond motifs is 2. The van der Waals surface area contributed by atoms with Gasteiger partial charge in [-0.05, 0) is 61.5 Å². The first-order valence-electron chi connectivity index (χ1n) is 10.5. The van der Waals surface area contributed by atoms with Crippen molar-refractivity contribution in [2.45, 2.75) is 37.2 Å². The van der Waals surface area contributed by atoms with Crippen LogP contribution in [0.1, 0.15) is 29.5 Å². The van der Waals surface area contributed by atoms with Crippen LogP contribution in [0, 0.1) is 0 Å². The van der Waals surface area contributed by atoms with Gasteiger partial charge in [0, 0.05) is 12.0 Å². The lowest BCUT2D eigenvalue weighted by atomic mass is 9.72. The van der Waals surface area contributed by atoms with E-state index in [1.165, 1.54) is 11.1 Å². The maximum atomic E-state index is 12.4. The van der Waals surface area contributed by atoms with Gasteiger partial charge in [-0.25, -0.2) is 0 Å². The number of ether oxygens (including phenoxy) is 1. The van der Waals surface area contributed by atoms with Gasteiger partial charge in [-0.1, -0.05) is 42.5 Å². The SMILES string of the molecule is COc1ccccc1CCNC(=O)CN1CCC2(CC1)c1ccccc1CC2O. The molecular formula is C24H30N2O3. The molecule has 1 aliphatic carbocycles. The molecule has 5 nitrogen and oxygen atoms in total. The molecule has 4 rings (SSSR count). The van der Waals surface area contributed by atoms with E-state index in [1.54, 1.807) is 7.11 Å². The van der Waals surface area contributed by atoms with Gasteiger partial charge in [-0.2, -0.15) is 0 Å². The number of piperidine rings is 1. The highest BCUT2D eigenvalue weighted by Gasteiger charge is 2.47. The van der Waals surface area contributed by atoms with Crippen molar-refractivity contribution in [3.8, 4) is 5.75 Å². The molecule has 1 aliphatic heterocycles. The summed E-state index contributed by atoms with van der Waals surface area (Å²) in [4.78, 5) is 14.6. The van der Waals surface area contributed by atoms with E-state index in [2.05, 4.69) is 34.5 Å². The monoisotopic (exact) mass is 394 g/mol. The summed E-state index contributed by atoms with van der Waals surface area (Å²) in [5.41, 5.74) is 3.56. The molecule has 1 fully saturated rings. The van der Waals surface area contributed by atoms with E-state index in [0.717, 1.165) is 50.1 Å². The first-order valence-corrected chi connectivity index (χ1v) is 10.5. The number of nitrogens with one attached hydrogen (secondary N) is 1. The van der Waals surface area contributed by atoms with E-state index in [9.17, 15) is 9.90 Å². The molecule has 0 radical (unpaired) electrons. The minimum Gasteiger partial charge on any atom is -0.496 e. The molecule has 2 aromatic rings. The van der Waals surface area contributed by atoms with Crippen molar-refractivity contribution >= 4 is 5.91 Å². The number of para-hydroxylation sites is 1. The van der Waals surface area contributed by atoms with Crippen molar-refractivity contribution < 1.29 is 14.6 Å². The number of carbonyl (C=O) groups is 1. The third-order valence-electron chi connectivity index (χ3n) is 6.63. The number of benzene rings is 2. The van der Waals surface area contributed by atoms with E-state index in [4.69, 9.17) is 4.74 Å². The van der Waals surface area contributed by atoms with Crippen molar-refractivity contribution in [1.29, 1.82) is 0 Å². The van der Waals surface area contributed by atoms with E-state index >= 15 is 0 Å². The maximum Gasteiger partial charge on any atom is 0.234 e. The Hall–Kier alpha value is -2.37. The van der Waals surface area contributed by atoms with Crippen molar-refractivity contribution in [2.24, 2.45) is 0 Å². The molecule has 1 saturated heterocycles. The Kier molecular flexibility index (Phi) is 5.88. The summed E-state index contributed by atoms with van der Waals surface area (Å²) in [6.45, 7) is 2.69. The second-order valence-electron chi connectivity index (χ2n) is 8.22. The quantitative estimate of drug-likeness (QED) is 0.789. The van der Waals surface area contributed by atoms with E-state index in [1.807, 2.05) is 24.3 Å². The van der Waals surface area contributed by atoms with Gasteiger partial charge in [-0.3, -0.25) is 9.69 Å². The summed E-state index contributed by atoms with van der Waals surface area (Å²) in [6, 6.07) is 16.3. The fraction of sp³-hybridized carbons (Fsp3) is 0.458. The lowest BCUT2D eigenvalue weighted by Gasteiger charge is -2.42. The van der Waals surface area contributed by atoms with Gasteiger partial charge in [0.05, 0.1) is 19.8 Å². The zero-order valence-electron chi connectivity index (χ0n) is 17.1. The number of hydrogen-bond acceptors (Lipinski definition) is 4. The predicted octanol–water partition coefficient (Wildman–Crippen LogP) is 2.30. The molecule has 1 atom stereocenters. The highest BCUT2D eigenvalue weighted by Crippen LogP contribution is 2.46. The maximum absolute atomic E-state index is 12.4. The van der Waals surface area contributed by atoms with E-state index in [0.29, 0.717) is 13.1 Å². The zero-order chi connectivity index (χ0) is 20.3. The van der Waals surface area contributed by atoms with Crippen molar-refractivity contribution in [2.75, 3.05) is 33.3 Å². The van der Waals surface area contributed by atoms with Crippen LogP contribution in [0.2, 0.25) is 0 Å². The van der Waals surface area contributed by atoms with Crippen LogP contribution in [-0.2, 0) is 23.1 Å². The van der Waals surface area contributed by atoms with Gasteiger partial charge >= 0.3 is 0 Å². The summed E-state index contributed by atoms with van der Waals surface area (Å²) in [5, 5.41) is 13.8. The third-order valence-corrected chi connectivity index (χ3v) is 6.63. The highest BCUT2D eigenvalue weighted by molar-refractivity contribution is 5.78. The summed E-state index contributed by atoms with van der Waals surface area (Å²) >= 11 is 0. The summed E-state index contributed by atoms with van der Waals surface area (Å²) < 4.78 is 5.36. The lowest BCUT2D eigenvalue weighted by Crippen LogP contribution is -2.49. The molecule has 5 heteroatoms. The number of aliphatic hydroxyl groups excluding tert-OH is 1. The van der Waals surface area contributed by atoms with Gasteiger partial charge < -0.3 is 15.2 Å². The number of methoxy groups -OCH3 is 1. The average molecular weight is 395 g/mol. The first kappa shape index (κ1) is 19.9. The second kappa shape index (κ2) is 8.56. The number of aliphatic hydroxyl groups is 1. The molecule has 1 spiro atoms. The molecule has 0 saturated carbocycles. The molecule has 2 aliphatic rings. The van der Waals surface area contributed by atoms with E-state index in [-0.39, 0.29) is 17.4 Å². The number of likely N-dealkylation sites (tertiary alicyclic amines) is 1. The number of nitrogens with zero attached hydrogens (tertiary/aromatic N) is 1. The smallest absolute Gasteiger partial charge is 0.234 e.